The van der Waals surface area contributed by atoms with Crippen LogP contribution in [0.4, 0.5) is 0 Å². The van der Waals surface area contributed by atoms with Gasteiger partial charge >= 0.3 is 0 Å². The lowest BCUT2D eigenvalue weighted by Crippen LogP contribution is -2.28. The van der Waals surface area contributed by atoms with Crippen LogP contribution in [0.2, 0.25) is 0 Å². The van der Waals surface area contributed by atoms with Gasteiger partial charge in [0.05, 0.1) is 5.52 Å². The number of rotatable bonds is 6. The van der Waals surface area contributed by atoms with Crippen LogP contribution in [0.1, 0.15) is 25.5 Å². The molecule has 0 saturated heterocycles. The highest BCUT2D eigenvalue weighted by molar-refractivity contribution is 5.87. The summed E-state index contributed by atoms with van der Waals surface area (Å²) >= 11 is 0. The SMILES string of the molecule is CC(C)n1ccc2c(OCC(=O)NCc3ccncc3)cccc21. The maximum absolute atomic E-state index is 12.0. The maximum atomic E-state index is 12.0. The van der Waals surface area contributed by atoms with Crippen LogP contribution >= 0.6 is 0 Å². The Labute approximate surface area is 141 Å². The zero-order chi connectivity index (χ0) is 16.9. The molecule has 5 heteroatoms. The Morgan fingerprint density at radius 1 is 1.21 bits per heavy atom. The van der Waals surface area contributed by atoms with Crippen molar-refractivity contribution >= 4 is 16.8 Å². The first-order valence-corrected chi connectivity index (χ1v) is 8.03. The van der Waals surface area contributed by atoms with Crippen LogP contribution in [0.5, 0.6) is 5.75 Å². The van der Waals surface area contributed by atoms with Crippen molar-refractivity contribution in [3.63, 3.8) is 0 Å². The smallest absolute Gasteiger partial charge is 0.258 e. The molecule has 0 bridgehead atoms. The number of pyridine rings is 1. The summed E-state index contributed by atoms with van der Waals surface area (Å²) in [4.78, 5) is 15.9. The lowest BCUT2D eigenvalue weighted by Gasteiger charge is -2.11. The van der Waals surface area contributed by atoms with E-state index in [0.29, 0.717) is 12.6 Å². The molecule has 0 saturated carbocycles. The molecular weight excluding hydrogens is 302 g/mol. The van der Waals surface area contributed by atoms with Gasteiger partial charge < -0.3 is 14.6 Å². The molecule has 0 spiro atoms. The van der Waals surface area contributed by atoms with E-state index in [0.717, 1.165) is 22.2 Å². The minimum Gasteiger partial charge on any atom is -0.483 e. The van der Waals surface area contributed by atoms with Crippen molar-refractivity contribution < 1.29 is 9.53 Å². The van der Waals surface area contributed by atoms with Gasteiger partial charge in [0.2, 0.25) is 0 Å². The van der Waals surface area contributed by atoms with Gasteiger partial charge in [-0.05, 0) is 49.7 Å². The van der Waals surface area contributed by atoms with Crippen LogP contribution in [0.3, 0.4) is 0 Å². The van der Waals surface area contributed by atoms with Crippen LogP contribution < -0.4 is 10.1 Å². The fraction of sp³-hybridized carbons (Fsp3) is 0.263. The minimum atomic E-state index is -0.146. The first kappa shape index (κ1) is 16.1. The van der Waals surface area contributed by atoms with Gasteiger partial charge in [-0.1, -0.05) is 6.07 Å². The molecule has 0 unspecified atom stereocenters. The molecule has 5 nitrogen and oxygen atoms in total. The Kier molecular flexibility index (Phi) is 4.79. The van der Waals surface area contributed by atoms with Crippen LogP contribution in [-0.2, 0) is 11.3 Å². The highest BCUT2D eigenvalue weighted by atomic mass is 16.5. The summed E-state index contributed by atoms with van der Waals surface area (Å²) in [6, 6.07) is 12.0. The van der Waals surface area contributed by atoms with Gasteiger partial charge in [0, 0.05) is 36.6 Å². The van der Waals surface area contributed by atoms with Gasteiger partial charge in [-0.2, -0.15) is 0 Å². The van der Waals surface area contributed by atoms with Crippen LogP contribution in [-0.4, -0.2) is 22.1 Å². The van der Waals surface area contributed by atoms with E-state index in [4.69, 9.17) is 4.74 Å². The predicted molar refractivity (Wildman–Crippen MR) is 93.9 cm³/mol. The molecule has 0 aliphatic heterocycles. The monoisotopic (exact) mass is 323 g/mol. The largest absolute Gasteiger partial charge is 0.483 e. The fourth-order valence-corrected chi connectivity index (χ4v) is 2.63. The third-order valence-electron chi connectivity index (χ3n) is 3.88. The summed E-state index contributed by atoms with van der Waals surface area (Å²) in [5.41, 5.74) is 2.12. The van der Waals surface area contributed by atoms with E-state index in [1.165, 1.54) is 0 Å². The second-order valence-electron chi connectivity index (χ2n) is 5.93. The van der Waals surface area contributed by atoms with E-state index in [1.54, 1.807) is 12.4 Å². The lowest BCUT2D eigenvalue weighted by atomic mass is 10.2. The molecule has 0 atom stereocenters. The number of carbonyl (C=O) groups excluding carboxylic acids is 1. The third-order valence-corrected chi connectivity index (χ3v) is 3.88. The molecule has 0 fully saturated rings. The molecule has 0 radical (unpaired) electrons. The standard InChI is InChI=1S/C19H21N3O2/c1-14(2)22-11-8-16-17(22)4-3-5-18(16)24-13-19(23)21-12-15-6-9-20-10-7-15/h3-11,14H,12-13H2,1-2H3,(H,21,23). The molecule has 24 heavy (non-hydrogen) atoms. The fourth-order valence-electron chi connectivity index (χ4n) is 2.63. The van der Waals surface area contributed by atoms with Crippen molar-refractivity contribution in [1.29, 1.82) is 0 Å². The number of carbonyl (C=O) groups is 1. The lowest BCUT2D eigenvalue weighted by molar-refractivity contribution is -0.123. The molecule has 1 N–H and O–H groups in total. The quantitative estimate of drug-likeness (QED) is 0.757. The van der Waals surface area contributed by atoms with Crippen molar-refractivity contribution in [2.45, 2.75) is 26.4 Å². The Balaban J connectivity index is 1.62. The number of fused-ring (bicyclic) bond motifs is 1. The maximum Gasteiger partial charge on any atom is 0.258 e. The number of hydrogen-bond donors (Lipinski definition) is 1. The number of nitrogens with one attached hydrogen (secondary N) is 1. The Morgan fingerprint density at radius 3 is 2.75 bits per heavy atom. The van der Waals surface area contributed by atoms with E-state index < -0.39 is 0 Å². The summed E-state index contributed by atoms with van der Waals surface area (Å²) < 4.78 is 7.91. The van der Waals surface area contributed by atoms with Gasteiger partial charge in [-0.3, -0.25) is 9.78 Å². The van der Waals surface area contributed by atoms with Crippen molar-refractivity contribution in [3.8, 4) is 5.75 Å². The molecule has 3 rings (SSSR count). The van der Waals surface area contributed by atoms with E-state index in [9.17, 15) is 4.79 Å². The van der Waals surface area contributed by atoms with E-state index in [-0.39, 0.29) is 12.5 Å². The molecular formula is C19H21N3O2. The topological polar surface area (TPSA) is 56.1 Å². The second-order valence-corrected chi connectivity index (χ2v) is 5.93. The Hall–Kier alpha value is -2.82. The predicted octanol–water partition coefficient (Wildman–Crippen LogP) is 3.31. The normalized spacial score (nSPS) is 11.0. The Bertz CT molecular complexity index is 825. The zero-order valence-corrected chi connectivity index (χ0v) is 13.9. The highest BCUT2D eigenvalue weighted by Gasteiger charge is 2.10. The van der Waals surface area contributed by atoms with Crippen molar-refractivity contribution in [2.24, 2.45) is 0 Å². The van der Waals surface area contributed by atoms with Crippen molar-refractivity contribution in [2.75, 3.05) is 6.61 Å². The van der Waals surface area contributed by atoms with Crippen LogP contribution in [0.15, 0.2) is 55.0 Å². The number of hydrogen-bond acceptors (Lipinski definition) is 3. The average molecular weight is 323 g/mol. The number of aromatic nitrogens is 2. The van der Waals surface area contributed by atoms with Gasteiger partial charge in [0.15, 0.2) is 6.61 Å². The number of nitrogens with zero attached hydrogens (tertiary/aromatic N) is 2. The molecule has 2 heterocycles. The van der Waals surface area contributed by atoms with Gasteiger partial charge in [-0.15, -0.1) is 0 Å². The number of benzene rings is 1. The average Bonchev–Trinajstić information content (AvgIpc) is 3.04. The van der Waals surface area contributed by atoms with Crippen molar-refractivity contribution in [1.82, 2.24) is 14.9 Å². The number of amides is 1. The van der Waals surface area contributed by atoms with Crippen LogP contribution in [0.25, 0.3) is 10.9 Å². The molecule has 3 aromatic rings. The van der Waals surface area contributed by atoms with Crippen LogP contribution in [0, 0.1) is 0 Å². The van der Waals surface area contributed by atoms with Gasteiger partial charge in [0.25, 0.3) is 5.91 Å². The summed E-state index contributed by atoms with van der Waals surface area (Å²) in [7, 11) is 0. The zero-order valence-electron chi connectivity index (χ0n) is 13.9. The van der Waals surface area contributed by atoms with E-state index >= 15 is 0 Å². The minimum absolute atomic E-state index is 0.00292. The summed E-state index contributed by atoms with van der Waals surface area (Å²) in [5.74, 6) is 0.582. The van der Waals surface area contributed by atoms with E-state index in [1.807, 2.05) is 36.5 Å². The Morgan fingerprint density at radius 2 is 2.00 bits per heavy atom. The first-order chi connectivity index (χ1) is 11.6. The van der Waals surface area contributed by atoms with E-state index in [2.05, 4.69) is 34.8 Å². The van der Waals surface area contributed by atoms with Crippen molar-refractivity contribution in [3.05, 3.63) is 60.6 Å². The summed E-state index contributed by atoms with van der Waals surface area (Å²) in [6.45, 7) is 4.74. The summed E-state index contributed by atoms with van der Waals surface area (Å²) in [6.07, 6.45) is 5.46. The highest BCUT2D eigenvalue weighted by Crippen LogP contribution is 2.28. The molecule has 1 aromatic carbocycles. The van der Waals surface area contributed by atoms with Gasteiger partial charge in [0.1, 0.15) is 5.75 Å². The molecule has 0 aliphatic carbocycles. The molecule has 2 aromatic heterocycles. The third kappa shape index (κ3) is 3.56. The molecule has 1 amide bonds. The summed E-state index contributed by atoms with van der Waals surface area (Å²) in [5, 5.41) is 3.87. The second kappa shape index (κ2) is 7.17. The van der Waals surface area contributed by atoms with Gasteiger partial charge in [-0.25, -0.2) is 0 Å². The molecule has 124 valence electrons. The number of ether oxygens (including phenoxy) is 1. The molecule has 0 aliphatic rings. The first-order valence-electron chi connectivity index (χ1n) is 8.03.